The van der Waals surface area contributed by atoms with Gasteiger partial charge in [0.25, 0.3) is 5.91 Å². The third kappa shape index (κ3) is 3.77. The molecule has 0 saturated heterocycles. The molecule has 3 rings (SSSR count). The Balaban J connectivity index is 1.87. The molecule has 0 saturated carbocycles. The van der Waals surface area contributed by atoms with Crippen molar-refractivity contribution in [3.05, 3.63) is 75.8 Å². The Labute approximate surface area is 160 Å². The molecule has 0 unspecified atom stereocenters. The summed E-state index contributed by atoms with van der Waals surface area (Å²) in [6.45, 7) is 0. The molecule has 1 aromatic heterocycles. The number of amides is 1. The maximum atomic E-state index is 12.2. The zero-order chi connectivity index (χ0) is 18.7. The molecule has 0 aliphatic carbocycles. The van der Waals surface area contributed by atoms with Crippen molar-refractivity contribution in [3.63, 3.8) is 0 Å². The summed E-state index contributed by atoms with van der Waals surface area (Å²) in [7, 11) is 0. The van der Waals surface area contributed by atoms with Crippen molar-refractivity contribution >= 4 is 40.7 Å². The molecular formula is C19H12Cl2N4O. The van der Waals surface area contributed by atoms with Gasteiger partial charge in [-0.05, 0) is 54.6 Å². The molecule has 0 radical (unpaired) electrons. The van der Waals surface area contributed by atoms with Crippen LogP contribution < -0.4 is 11.1 Å². The molecule has 2 aromatic carbocycles. The maximum Gasteiger partial charge on any atom is 0.256 e. The molecule has 5 nitrogen and oxygen atoms in total. The van der Waals surface area contributed by atoms with Gasteiger partial charge in [0.2, 0.25) is 0 Å². The van der Waals surface area contributed by atoms with Crippen LogP contribution in [-0.4, -0.2) is 10.9 Å². The van der Waals surface area contributed by atoms with E-state index in [0.717, 1.165) is 0 Å². The van der Waals surface area contributed by atoms with Crippen LogP contribution in [-0.2, 0) is 0 Å². The number of aromatic nitrogens is 1. The number of hydrogen-bond acceptors (Lipinski definition) is 4. The number of benzene rings is 2. The first-order valence-corrected chi connectivity index (χ1v) is 8.27. The molecule has 0 aliphatic heterocycles. The van der Waals surface area contributed by atoms with Crippen LogP contribution in [0.25, 0.3) is 11.1 Å². The molecule has 0 fully saturated rings. The van der Waals surface area contributed by atoms with Gasteiger partial charge in [0.05, 0.1) is 11.6 Å². The molecule has 7 heteroatoms. The number of nitriles is 1. The highest BCUT2D eigenvalue weighted by molar-refractivity contribution is 6.33. The standard InChI is InChI=1S/C19H12Cl2N4O/c20-13-4-2-12(3-5-13)19(26)25-17-8-6-14(18(23)24-17)15-9-11(10-22)1-7-16(15)21/h1-9H,(H3,23,24,25,26). The number of nitrogens with one attached hydrogen (secondary N) is 1. The van der Waals surface area contributed by atoms with Crippen LogP contribution in [0.5, 0.6) is 0 Å². The lowest BCUT2D eigenvalue weighted by molar-refractivity contribution is 0.102. The third-order valence-electron chi connectivity index (χ3n) is 3.66. The van der Waals surface area contributed by atoms with Crippen LogP contribution >= 0.6 is 23.2 Å². The number of carbonyl (C=O) groups is 1. The fourth-order valence-electron chi connectivity index (χ4n) is 2.36. The Hall–Kier alpha value is -3.07. The summed E-state index contributed by atoms with van der Waals surface area (Å²) in [5.74, 6) is 0.167. The molecule has 3 aromatic rings. The first-order chi connectivity index (χ1) is 12.5. The van der Waals surface area contributed by atoms with E-state index in [2.05, 4.69) is 16.4 Å². The minimum atomic E-state index is -0.328. The summed E-state index contributed by atoms with van der Waals surface area (Å²) < 4.78 is 0. The first-order valence-electron chi connectivity index (χ1n) is 7.51. The highest BCUT2D eigenvalue weighted by Gasteiger charge is 2.12. The van der Waals surface area contributed by atoms with Gasteiger partial charge in [-0.2, -0.15) is 5.26 Å². The van der Waals surface area contributed by atoms with E-state index >= 15 is 0 Å². The van der Waals surface area contributed by atoms with Crippen LogP contribution in [0.15, 0.2) is 54.6 Å². The molecular weight excluding hydrogens is 371 g/mol. The quantitative estimate of drug-likeness (QED) is 0.682. The van der Waals surface area contributed by atoms with Crippen molar-refractivity contribution in [2.45, 2.75) is 0 Å². The van der Waals surface area contributed by atoms with E-state index in [0.29, 0.717) is 38.1 Å². The fourth-order valence-corrected chi connectivity index (χ4v) is 2.71. The summed E-state index contributed by atoms with van der Waals surface area (Å²) in [5.41, 5.74) is 8.12. The molecule has 26 heavy (non-hydrogen) atoms. The molecule has 1 heterocycles. The highest BCUT2D eigenvalue weighted by Crippen LogP contribution is 2.32. The molecule has 0 atom stereocenters. The first kappa shape index (κ1) is 17.7. The lowest BCUT2D eigenvalue weighted by Crippen LogP contribution is -2.13. The van der Waals surface area contributed by atoms with Crippen molar-refractivity contribution in [2.24, 2.45) is 0 Å². The Kier molecular flexibility index (Phi) is 5.08. The van der Waals surface area contributed by atoms with Crippen LogP contribution in [0.2, 0.25) is 10.0 Å². The smallest absolute Gasteiger partial charge is 0.256 e. The van der Waals surface area contributed by atoms with E-state index in [4.69, 9.17) is 34.2 Å². The third-order valence-corrected chi connectivity index (χ3v) is 4.24. The number of hydrogen-bond donors (Lipinski definition) is 2. The molecule has 0 spiro atoms. The summed E-state index contributed by atoms with van der Waals surface area (Å²) in [6.07, 6.45) is 0. The Morgan fingerprint density at radius 3 is 2.42 bits per heavy atom. The van der Waals surface area contributed by atoms with Crippen molar-refractivity contribution in [1.82, 2.24) is 4.98 Å². The van der Waals surface area contributed by atoms with Gasteiger partial charge in [0.1, 0.15) is 11.6 Å². The Bertz CT molecular complexity index is 1030. The molecule has 0 bridgehead atoms. The van der Waals surface area contributed by atoms with Gasteiger partial charge < -0.3 is 11.1 Å². The molecule has 1 amide bonds. The predicted octanol–water partition coefficient (Wildman–Crippen LogP) is 4.76. The number of pyridine rings is 1. The summed E-state index contributed by atoms with van der Waals surface area (Å²) in [4.78, 5) is 16.4. The zero-order valence-electron chi connectivity index (χ0n) is 13.3. The number of anilines is 2. The van der Waals surface area contributed by atoms with Gasteiger partial charge in [0.15, 0.2) is 0 Å². The number of nitrogen functional groups attached to an aromatic ring is 1. The number of nitrogens with two attached hydrogens (primary N) is 1. The van der Waals surface area contributed by atoms with Crippen molar-refractivity contribution in [3.8, 4) is 17.2 Å². The average molecular weight is 383 g/mol. The highest BCUT2D eigenvalue weighted by atomic mass is 35.5. The van der Waals surface area contributed by atoms with Gasteiger partial charge in [-0.3, -0.25) is 4.79 Å². The second-order valence-electron chi connectivity index (χ2n) is 5.40. The van der Waals surface area contributed by atoms with Crippen molar-refractivity contribution in [1.29, 1.82) is 5.26 Å². The monoisotopic (exact) mass is 382 g/mol. The second kappa shape index (κ2) is 7.44. The van der Waals surface area contributed by atoms with E-state index in [1.807, 2.05) is 0 Å². The van der Waals surface area contributed by atoms with Crippen molar-refractivity contribution in [2.75, 3.05) is 11.1 Å². The molecule has 128 valence electrons. The number of halogens is 2. The SMILES string of the molecule is N#Cc1ccc(Cl)c(-c2ccc(NC(=O)c3ccc(Cl)cc3)nc2N)c1. The molecule has 0 aliphatic rings. The Morgan fingerprint density at radius 2 is 1.77 bits per heavy atom. The summed E-state index contributed by atoms with van der Waals surface area (Å²) in [6, 6.07) is 16.8. The van der Waals surface area contributed by atoms with Gasteiger partial charge >= 0.3 is 0 Å². The van der Waals surface area contributed by atoms with Gasteiger partial charge in [-0.25, -0.2) is 4.98 Å². The lowest BCUT2D eigenvalue weighted by atomic mass is 10.0. The Morgan fingerprint density at radius 1 is 1.04 bits per heavy atom. The largest absolute Gasteiger partial charge is 0.383 e. The van der Waals surface area contributed by atoms with Crippen LogP contribution in [0, 0.1) is 11.3 Å². The van der Waals surface area contributed by atoms with E-state index < -0.39 is 0 Å². The van der Waals surface area contributed by atoms with E-state index in [1.54, 1.807) is 54.6 Å². The summed E-state index contributed by atoms with van der Waals surface area (Å²) >= 11 is 12.0. The second-order valence-corrected chi connectivity index (χ2v) is 6.24. The van der Waals surface area contributed by atoms with E-state index in [1.165, 1.54) is 0 Å². The number of rotatable bonds is 3. The summed E-state index contributed by atoms with van der Waals surface area (Å²) in [5, 5.41) is 12.7. The lowest BCUT2D eigenvalue weighted by Gasteiger charge is -2.10. The van der Waals surface area contributed by atoms with Gasteiger partial charge in [-0.1, -0.05) is 23.2 Å². The van der Waals surface area contributed by atoms with Crippen LogP contribution in [0.1, 0.15) is 15.9 Å². The minimum Gasteiger partial charge on any atom is -0.383 e. The van der Waals surface area contributed by atoms with Gasteiger partial charge in [0, 0.05) is 26.7 Å². The average Bonchev–Trinajstić information content (AvgIpc) is 2.63. The number of nitrogens with zero attached hydrogens (tertiary/aromatic N) is 2. The number of carbonyl (C=O) groups excluding carboxylic acids is 1. The fraction of sp³-hybridized carbons (Fsp3) is 0. The molecule has 3 N–H and O–H groups in total. The maximum absolute atomic E-state index is 12.2. The topological polar surface area (TPSA) is 91.8 Å². The van der Waals surface area contributed by atoms with Crippen LogP contribution in [0.3, 0.4) is 0 Å². The zero-order valence-corrected chi connectivity index (χ0v) is 14.8. The van der Waals surface area contributed by atoms with Crippen LogP contribution in [0.4, 0.5) is 11.6 Å². The van der Waals surface area contributed by atoms with E-state index in [-0.39, 0.29) is 11.7 Å². The van der Waals surface area contributed by atoms with E-state index in [9.17, 15) is 4.79 Å². The predicted molar refractivity (Wildman–Crippen MR) is 103 cm³/mol. The minimum absolute atomic E-state index is 0.191. The van der Waals surface area contributed by atoms with Crippen molar-refractivity contribution < 1.29 is 4.79 Å². The van der Waals surface area contributed by atoms with Gasteiger partial charge in [-0.15, -0.1) is 0 Å². The normalized spacial score (nSPS) is 10.2.